The molecule has 0 aliphatic carbocycles. The molecule has 7 heteroatoms. The molecule has 1 N–H and O–H groups in total. The number of aryl methyl sites for hydroxylation is 2. The van der Waals surface area contributed by atoms with Crippen molar-refractivity contribution in [3.05, 3.63) is 142 Å². The highest BCUT2D eigenvalue weighted by molar-refractivity contribution is 7.17. The lowest BCUT2D eigenvalue weighted by molar-refractivity contribution is -0.117. The first kappa shape index (κ1) is 26.2. The van der Waals surface area contributed by atoms with Gasteiger partial charge in [0.1, 0.15) is 16.5 Å². The van der Waals surface area contributed by atoms with E-state index in [-0.39, 0.29) is 5.57 Å². The third-order valence-corrected chi connectivity index (χ3v) is 8.11. The first-order valence-electron chi connectivity index (χ1n) is 13.1. The number of carbonyl (C=O) groups excluding carboxylic acids is 2. The zero-order chi connectivity index (χ0) is 28.5. The van der Waals surface area contributed by atoms with Gasteiger partial charge in [0.2, 0.25) is 5.78 Å². The molecule has 4 aromatic carbocycles. The average molecular weight is 559 g/mol. The van der Waals surface area contributed by atoms with Gasteiger partial charge in [-0.25, -0.2) is 4.98 Å². The monoisotopic (exact) mass is 558 g/mol. The van der Waals surface area contributed by atoms with Crippen molar-refractivity contribution in [3.8, 4) is 22.1 Å². The minimum absolute atomic E-state index is 0.0136. The molecule has 1 aromatic heterocycles. The standard InChI is InChI=1S/C34H26N2O4S/c1-21-11-9-15-25(19-21)36-29(24-14-10-18-27(20-24)40-26-16-7-4-8-17-26)28(31(38)34(36)39)30(37)32-22(2)35-33(41-32)23-12-5-3-6-13-23/h3-20,29,38H,1-2H3. The minimum Gasteiger partial charge on any atom is -0.503 e. The number of amides is 1. The van der Waals surface area contributed by atoms with E-state index < -0.39 is 23.5 Å². The summed E-state index contributed by atoms with van der Waals surface area (Å²) in [5.41, 5.74) is 3.60. The first-order chi connectivity index (χ1) is 19.9. The van der Waals surface area contributed by atoms with Crippen molar-refractivity contribution in [2.24, 2.45) is 0 Å². The first-order valence-corrected chi connectivity index (χ1v) is 14.0. The fourth-order valence-electron chi connectivity index (χ4n) is 5.00. The van der Waals surface area contributed by atoms with Crippen LogP contribution in [0.3, 0.4) is 0 Å². The highest BCUT2D eigenvalue weighted by Gasteiger charge is 2.45. The van der Waals surface area contributed by atoms with E-state index in [9.17, 15) is 14.7 Å². The van der Waals surface area contributed by atoms with E-state index >= 15 is 0 Å². The second-order valence-corrected chi connectivity index (χ2v) is 10.8. The van der Waals surface area contributed by atoms with Crippen LogP contribution in [0.5, 0.6) is 11.5 Å². The topological polar surface area (TPSA) is 79.7 Å². The lowest BCUT2D eigenvalue weighted by Crippen LogP contribution is -2.31. The van der Waals surface area contributed by atoms with E-state index in [4.69, 9.17) is 4.74 Å². The number of aromatic nitrogens is 1. The molecule has 1 amide bonds. The number of carbonyl (C=O) groups is 2. The molecule has 41 heavy (non-hydrogen) atoms. The van der Waals surface area contributed by atoms with Crippen molar-refractivity contribution in [1.29, 1.82) is 0 Å². The Morgan fingerprint density at radius 1 is 0.854 bits per heavy atom. The van der Waals surface area contributed by atoms with Gasteiger partial charge in [-0.15, -0.1) is 11.3 Å². The molecule has 0 saturated carbocycles. The highest BCUT2D eigenvalue weighted by atomic mass is 32.1. The molecule has 0 saturated heterocycles. The maximum atomic E-state index is 14.2. The quantitative estimate of drug-likeness (QED) is 0.205. The van der Waals surface area contributed by atoms with Crippen molar-refractivity contribution < 1.29 is 19.4 Å². The van der Waals surface area contributed by atoms with Gasteiger partial charge in [0.25, 0.3) is 5.91 Å². The normalized spacial score (nSPS) is 14.9. The van der Waals surface area contributed by atoms with Gasteiger partial charge in [-0.05, 0) is 61.4 Å². The maximum Gasteiger partial charge on any atom is 0.294 e. The molecule has 2 heterocycles. The lowest BCUT2D eigenvalue weighted by Gasteiger charge is -2.27. The molecule has 1 aliphatic heterocycles. The molecule has 1 aliphatic rings. The summed E-state index contributed by atoms with van der Waals surface area (Å²) in [5.74, 6) is -0.425. The number of Topliss-reactive ketones (excluding diaryl/α,β-unsaturated/α-hetero) is 1. The van der Waals surface area contributed by atoms with E-state index in [1.54, 1.807) is 19.1 Å². The Morgan fingerprint density at radius 3 is 2.27 bits per heavy atom. The van der Waals surface area contributed by atoms with Gasteiger partial charge in [0.15, 0.2) is 5.76 Å². The summed E-state index contributed by atoms with van der Waals surface area (Å²) >= 11 is 1.25. The number of para-hydroxylation sites is 1. The van der Waals surface area contributed by atoms with E-state index in [0.717, 1.165) is 11.1 Å². The van der Waals surface area contributed by atoms with Gasteiger partial charge in [0, 0.05) is 11.3 Å². The Bertz CT molecular complexity index is 1790. The van der Waals surface area contributed by atoms with E-state index in [2.05, 4.69) is 4.98 Å². The van der Waals surface area contributed by atoms with Crippen LogP contribution in [-0.2, 0) is 4.79 Å². The Labute approximate surface area is 241 Å². The summed E-state index contributed by atoms with van der Waals surface area (Å²) in [6.45, 7) is 3.70. The Hall–Kier alpha value is -5.01. The predicted octanol–water partition coefficient (Wildman–Crippen LogP) is 8.00. The van der Waals surface area contributed by atoms with E-state index in [1.807, 2.05) is 104 Å². The highest BCUT2D eigenvalue weighted by Crippen LogP contribution is 2.44. The molecule has 1 atom stereocenters. The summed E-state index contributed by atoms with van der Waals surface area (Å²) < 4.78 is 6.07. The Kier molecular flexibility index (Phi) is 6.95. The van der Waals surface area contributed by atoms with Crippen LogP contribution < -0.4 is 9.64 Å². The molecule has 0 spiro atoms. The van der Waals surface area contributed by atoms with Gasteiger partial charge < -0.3 is 9.84 Å². The van der Waals surface area contributed by atoms with Crippen LogP contribution in [0, 0.1) is 13.8 Å². The summed E-state index contributed by atoms with van der Waals surface area (Å²) in [4.78, 5) is 34.4. The molecular weight excluding hydrogens is 532 g/mol. The zero-order valence-corrected chi connectivity index (χ0v) is 23.3. The minimum atomic E-state index is -0.877. The van der Waals surface area contributed by atoms with Crippen molar-refractivity contribution >= 4 is 28.7 Å². The maximum absolute atomic E-state index is 14.2. The SMILES string of the molecule is Cc1cccc(N2C(=O)C(O)=C(C(=O)c3sc(-c4ccccc4)nc3C)C2c2cccc(Oc3ccccc3)c2)c1. The molecular formula is C34H26N2O4S. The molecule has 0 radical (unpaired) electrons. The number of anilines is 1. The molecule has 6 nitrogen and oxygen atoms in total. The number of nitrogens with zero attached hydrogens (tertiary/aromatic N) is 2. The summed E-state index contributed by atoms with van der Waals surface area (Å²) in [6.07, 6.45) is 0. The predicted molar refractivity (Wildman–Crippen MR) is 161 cm³/mol. The van der Waals surface area contributed by atoms with Crippen molar-refractivity contribution in [3.63, 3.8) is 0 Å². The van der Waals surface area contributed by atoms with E-state index in [1.165, 1.54) is 16.2 Å². The number of benzene rings is 4. The van der Waals surface area contributed by atoms with E-state index in [0.29, 0.717) is 38.3 Å². The van der Waals surface area contributed by atoms with Gasteiger partial charge in [0.05, 0.1) is 22.2 Å². The largest absolute Gasteiger partial charge is 0.503 e. The van der Waals surface area contributed by atoms with Gasteiger partial charge in [-0.3, -0.25) is 14.5 Å². The third kappa shape index (κ3) is 5.03. The summed E-state index contributed by atoms with van der Waals surface area (Å²) in [5, 5.41) is 12.0. The molecule has 5 aromatic rings. The molecule has 1 unspecified atom stereocenters. The number of thiazole rings is 1. The van der Waals surface area contributed by atoms with Crippen LogP contribution in [0.15, 0.2) is 121 Å². The van der Waals surface area contributed by atoms with Crippen molar-refractivity contribution in [2.75, 3.05) is 4.90 Å². The molecule has 6 rings (SSSR count). The number of ketones is 1. The molecule has 202 valence electrons. The number of aliphatic hydroxyl groups excluding tert-OH is 1. The number of ether oxygens (including phenoxy) is 1. The van der Waals surface area contributed by atoms with Crippen molar-refractivity contribution in [2.45, 2.75) is 19.9 Å². The fourth-order valence-corrected chi connectivity index (χ4v) is 6.03. The second-order valence-electron chi connectivity index (χ2n) is 9.80. The van der Waals surface area contributed by atoms with Crippen LogP contribution in [0.25, 0.3) is 10.6 Å². The summed E-state index contributed by atoms with van der Waals surface area (Å²) in [7, 11) is 0. The van der Waals surface area contributed by atoms with Crippen LogP contribution in [0.2, 0.25) is 0 Å². The van der Waals surface area contributed by atoms with Crippen LogP contribution in [0.1, 0.15) is 32.5 Å². The number of hydrogen-bond donors (Lipinski definition) is 1. The van der Waals surface area contributed by atoms with Gasteiger partial charge in [-0.1, -0.05) is 72.8 Å². The third-order valence-electron chi connectivity index (χ3n) is 6.91. The van der Waals surface area contributed by atoms with Crippen LogP contribution >= 0.6 is 11.3 Å². The molecule has 0 bridgehead atoms. The van der Waals surface area contributed by atoms with Gasteiger partial charge >= 0.3 is 0 Å². The van der Waals surface area contributed by atoms with Crippen LogP contribution in [0.4, 0.5) is 5.69 Å². The summed E-state index contributed by atoms with van der Waals surface area (Å²) in [6, 6.07) is 32.8. The average Bonchev–Trinajstić information content (AvgIpc) is 3.51. The fraction of sp³-hybridized carbons (Fsp3) is 0.0882. The smallest absolute Gasteiger partial charge is 0.294 e. The van der Waals surface area contributed by atoms with Gasteiger partial charge in [-0.2, -0.15) is 0 Å². The van der Waals surface area contributed by atoms with Crippen molar-refractivity contribution in [1.82, 2.24) is 4.98 Å². The molecule has 0 fully saturated rings. The second kappa shape index (κ2) is 10.9. The number of aliphatic hydroxyl groups is 1. The number of hydrogen-bond acceptors (Lipinski definition) is 6. The Morgan fingerprint density at radius 2 is 1.54 bits per heavy atom. The zero-order valence-electron chi connectivity index (χ0n) is 22.4. The number of rotatable bonds is 7. The lowest BCUT2D eigenvalue weighted by atomic mass is 9.94. The Balaban J connectivity index is 1.46. The van der Waals surface area contributed by atoms with Crippen LogP contribution in [-0.4, -0.2) is 21.8 Å².